The number of fused-ring (bicyclic) bond motifs is 1. The molecule has 0 spiro atoms. The Labute approximate surface area is 135 Å². The molecule has 0 aliphatic heterocycles. The molecule has 2 N–H and O–H groups in total. The highest BCUT2D eigenvalue weighted by Gasteiger charge is 2.25. The third-order valence-corrected chi connectivity index (χ3v) is 5.69. The largest absolute Gasteiger partial charge is 0.391 e. The molecule has 1 saturated carbocycles. The summed E-state index contributed by atoms with van der Waals surface area (Å²) in [6.45, 7) is 3.01. The van der Waals surface area contributed by atoms with Crippen molar-refractivity contribution in [3.05, 3.63) is 34.9 Å². The maximum Gasteiger partial charge on any atom is 0.0718 e. The van der Waals surface area contributed by atoms with Gasteiger partial charge < -0.3 is 10.4 Å². The van der Waals surface area contributed by atoms with Crippen molar-refractivity contribution in [3.63, 3.8) is 0 Å². The van der Waals surface area contributed by atoms with Crippen LogP contribution in [0.2, 0.25) is 0 Å². The second-order valence-corrected chi connectivity index (χ2v) is 7.37. The average molecular weight is 301 g/mol. The Balaban J connectivity index is 1.52. The fourth-order valence-electron chi connectivity index (χ4n) is 4.18. The molecule has 122 valence electrons. The predicted molar refractivity (Wildman–Crippen MR) is 92.0 cm³/mol. The minimum absolute atomic E-state index is 0.180. The fourth-order valence-corrected chi connectivity index (χ4v) is 4.18. The van der Waals surface area contributed by atoms with E-state index in [-0.39, 0.29) is 12.1 Å². The summed E-state index contributed by atoms with van der Waals surface area (Å²) in [5, 5.41) is 14.1. The van der Waals surface area contributed by atoms with Crippen LogP contribution in [0.25, 0.3) is 0 Å². The van der Waals surface area contributed by atoms with Gasteiger partial charge in [0.25, 0.3) is 0 Å². The molecule has 22 heavy (non-hydrogen) atoms. The molecule has 0 heterocycles. The molecule has 2 aliphatic carbocycles. The zero-order valence-corrected chi connectivity index (χ0v) is 14.0. The number of aryl methyl sites for hydroxylation is 2. The molecule has 2 heteroatoms. The molecule has 1 fully saturated rings. The summed E-state index contributed by atoms with van der Waals surface area (Å²) < 4.78 is 0. The van der Waals surface area contributed by atoms with Gasteiger partial charge in [-0.1, -0.05) is 37.5 Å². The van der Waals surface area contributed by atoms with Gasteiger partial charge in [-0.15, -0.1) is 0 Å². The summed E-state index contributed by atoms with van der Waals surface area (Å²) in [6.07, 6.45) is 11.3. The molecular weight excluding hydrogens is 270 g/mol. The van der Waals surface area contributed by atoms with E-state index in [0.717, 1.165) is 6.54 Å². The van der Waals surface area contributed by atoms with Crippen LogP contribution >= 0.6 is 0 Å². The van der Waals surface area contributed by atoms with E-state index in [1.807, 2.05) is 0 Å². The fraction of sp³-hybridized carbons (Fsp3) is 0.700. The van der Waals surface area contributed by atoms with Crippen molar-refractivity contribution in [2.75, 3.05) is 0 Å². The Morgan fingerprint density at radius 2 is 1.77 bits per heavy atom. The molecular formula is C20H31NO. The topological polar surface area (TPSA) is 32.3 Å². The lowest BCUT2D eigenvalue weighted by Gasteiger charge is -2.31. The van der Waals surface area contributed by atoms with Crippen LogP contribution in [0.5, 0.6) is 0 Å². The van der Waals surface area contributed by atoms with Gasteiger partial charge in [0.05, 0.1) is 6.10 Å². The second kappa shape index (κ2) is 7.61. The van der Waals surface area contributed by atoms with E-state index < -0.39 is 0 Å². The highest BCUT2D eigenvalue weighted by Crippen LogP contribution is 2.28. The summed E-state index contributed by atoms with van der Waals surface area (Å²) >= 11 is 0. The van der Waals surface area contributed by atoms with Crippen LogP contribution in [0.4, 0.5) is 0 Å². The molecule has 2 aliphatic rings. The van der Waals surface area contributed by atoms with Gasteiger partial charge in [-0.3, -0.25) is 0 Å². The lowest BCUT2D eigenvalue weighted by molar-refractivity contribution is 0.0550. The molecule has 1 aromatic rings. The standard InChI is InChI=1S/C20H31NO/c1-15(20(22)18-8-3-2-4-9-18)21-14-16-11-12-17-7-5-6-10-19(17)13-16/h11-13,15,18,20-22H,2-10,14H2,1H3. The Bertz CT molecular complexity index is 479. The quantitative estimate of drug-likeness (QED) is 0.862. The van der Waals surface area contributed by atoms with E-state index in [2.05, 4.69) is 30.4 Å². The average Bonchev–Trinajstić information content (AvgIpc) is 2.59. The van der Waals surface area contributed by atoms with E-state index in [4.69, 9.17) is 0 Å². The lowest BCUT2D eigenvalue weighted by atomic mass is 9.83. The Morgan fingerprint density at radius 1 is 1.05 bits per heavy atom. The number of aliphatic hydroxyl groups is 1. The first kappa shape index (κ1) is 16.0. The normalized spacial score (nSPS) is 22.1. The molecule has 0 aromatic heterocycles. The number of hydrogen-bond donors (Lipinski definition) is 2. The van der Waals surface area contributed by atoms with Crippen molar-refractivity contribution >= 4 is 0 Å². The van der Waals surface area contributed by atoms with Crippen LogP contribution in [-0.2, 0) is 19.4 Å². The third kappa shape index (κ3) is 3.91. The first-order valence-electron chi connectivity index (χ1n) is 9.26. The molecule has 2 atom stereocenters. The van der Waals surface area contributed by atoms with E-state index >= 15 is 0 Å². The zero-order chi connectivity index (χ0) is 15.4. The lowest BCUT2D eigenvalue weighted by Crippen LogP contribution is -2.42. The van der Waals surface area contributed by atoms with Gasteiger partial charge >= 0.3 is 0 Å². The minimum atomic E-state index is -0.196. The van der Waals surface area contributed by atoms with Gasteiger partial charge in [0.2, 0.25) is 0 Å². The maximum atomic E-state index is 10.6. The molecule has 3 rings (SSSR count). The zero-order valence-electron chi connectivity index (χ0n) is 14.0. The maximum absolute atomic E-state index is 10.6. The van der Waals surface area contributed by atoms with Crippen molar-refractivity contribution < 1.29 is 5.11 Å². The number of benzene rings is 1. The van der Waals surface area contributed by atoms with E-state index in [0.29, 0.717) is 5.92 Å². The summed E-state index contributed by atoms with van der Waals surface area (Å²) in [5.41, 5.74) is 4.46. The van der Waals surface area contributed by atoms with Gasteiger partial charge in [0.15, 0.2) is 0 Å². The first-order chi connectivity index (χ1) is 10.7. The van der Waals surface area contributed by atoms with Crippen LogP contribution < -0.4 is 5.32 Å². The molecule has 2 unspecified atom stereocenters. The molecule has 1 aromatic carbocycles. The van der Waals surface area contributed by atoms with Gasteiger partial charge in [-0.05, 0) is 68.1 Å². The second-order valence-electron chi connectivity index (χ2n) is 7.37. The van der Waals surface area contributed by atoms with Crippen LogP contribution in [0.15, 0.2) is 18.2 Å². The van der Waals surface area contributed by atoms with Crippen molar-refractivity contribution in [2.24, 2.45) is 5.92 Å². The highest BCUT2D eigenvalue weighted by atomic mass is 16.3. The summed E-state index contributed by atoms with van der Waals surface area (Å²) in [4.78, 5) is 0. The highest BCUT2D eigenvalue weighted by molar-refractivity contribution is 5.33. The molecule has 0 amide bonds. The number of aliphatic hydroxyl groups excluding tert-OH is 1. The monoisotopic (exact) mass is 301 g/mol. The predicted octanol–water partition coefficient (Wildman–Crippen LogP) is 3.98. The van der Waals surface area contributed by atoms with Gasteiger partial charge in [-0.25, -0.2) is 0 Å². The Kier molecular flexibility index (Phi) is 5.54. The molecule has 2 nitrogen and oxygen atoms in total. The molecule has 0 saturated heterocycles. The summed E-state index contributed by atoms with van der Waals surface area (Å²) in [5.74, 6) is 0.500. The summed E-state index contributed by atoms with van der Waals surface area (Å²) in [7, 11) is 0. The number of nitrogens with one attached hydrogen (secondary N) is 1. The van der Waals surface area contributed by atoms with E-state index in [1.54, 1.807) is 11.1 Å². The Hall–Kier alpha value is -0.860. The first-order valence-corrected chi connectivity index (χ1v) is 9.26. The number of rotatable bonds is 5. The van der Waals surface area contributed by atoms with Gasteiger partial charge in [0.1, 0.15) is 0 Å². The summed E-state index contributed by atoms with van der Waals surface area (Å²) in [6, 6.07) is 7.13. The van der Waals surface area contributed by atoms with Crippen molar-refractivity contribution in [1.82, 2.24) is 5.32 Å². The van der Waals surface area contributed by atoms with Gasteiger partial charge in [-0.2, -0.15) is 0 Å². The molecule has 0 radical (unpaired) electrons. The SMILES string of the molecule is CC(NCc1ccc2c(c1)CCCC2)C(O)C1CCCCC1. The number of hydrogen-bond acceptors (Lipinski definition) is 2. The van der Waals surface area contributed by atoms with Crippen molar-refractivity contribution in [2.45, 2.75) is 83.4 Å². The third-order valence-electron chi connectivity index (χ3n) is 5.69. The Morgan fingerprint density at radius 3 is 2.55 bits per heavy atom. The smallest absolute Gasteiger partial charge is 0.0718 e. The van der Waals surface area contributed by atoms with Crippen LogP contribution in [-0.4, -0.2) is 17.3 Å². The van der Waals surface area contributed by atoms with Crippen molar-refractivity contribution in [3.8, 4) is 0 Å². The van der Waals surface area contributed by atoms with E-state index in [9.17, 15) is 5.11 Å². The molecule has 0 bridgehead atoms. The van der Waals surface area contributed by atoms with Crippen LogP contribution in [0.3, 0.4) is 0 Å². The van der Waals surface area contributed by atoms with Gasteiger partial charge in [0, 0.05) is 12.6 Å². The van der Waals surface area contributed by atoms with E-state index in [1.165, 1.54) is 63.4 Å². The minimum Gasteiger partial charge on any atom is -0.391 e. The van der Waals surface area contributed by atoms with Crippen LogP contribution in [0.1, 0.15) is 68.6 Å². The van der Waals surface area contributed by atoms with Crippen LogP contribution in [0, 0.1) is 5.92 Å². The van der Waals surface area contributed by atoms with Crippen molar-refractivity contribution in [1.29, 1.82) is 0 Å².